The number of hydrogen-bond donors (Lipinski definition) is 1. The first-order chi connectivity index (χ1) is 7.19. The van der Waals surface area contributed by atoms with E-state index >= 15 is 0 Å². The van der Waals surface area contributed by atoms with Gasteiger partial charge in [-0.15, -0.1) is 0 Å². The van der Waals surface area contributed by atoms with Crippen LogP contribution in [0.5, 0.6) is 0 Å². The van der Waals surface area contributed by atoms with Crippen LogP contribution in [0, 0.1) is 6.92 Å². The molecule has 1 heterocycles. The lowest BCUT2D eigenvalue weighted by molar-refractivity contribution is 0.972. The zero-order chi connectivity index (χ0) is 11.8. The molecule has 0 unspecified atom stereocenters. The van der Waals surface area contributed by atoms with Crippen LogP contribution >= 0.6 is 0 Å². The van der Waals surface area contributed by atoms with Crippen molar-refractivity contribution >= 4 is 12.2 Å². The van der Waals surface area contributed by atoms with E-state index < -0.39 is 0 Å². The van der Waals surface area contributed by atoms with Gasteiger partial charge in [0.05, 0.1) is 10.6 Å². The van der Waals surface area contributed by atoms with E-state index in [2.05, 4.69) is 16.5 Å². The molecule has 0 fully saturated rings. The van der Waals surface area contributed by atoms with Crippen LogP contribution in [0.2, 0.25) is 0 Å². The van der Waals surface area contributed by atoms with E-state index in [0.717, 1.165) is 0 Å². The van der Waals surface area contributed by atoms with E-state index in [1.165, 1.54) is 0 Å². The molecule has 1 N–H and O–H groups in total. The van der Waals surface area contributed by atoms with Gasteiger partial charge in [0.25, 0.3) is 5.56 Å². The van der Waals surface area contributed by atoms with Crippen molar-refractivity contribution in [2.24, 2.45) is 0 Å². The number of nitrogens with zero attached hydrogens (tertiary/aromatic N) is 1. The number of aromatic nitrogens is 2. The molecular weight excluding hydrogens is 188 g/mol. The molecule has 3 nitrogen and oxygen atoms in total. The summed E-state index contributed by atoms with van der Waals surface area (Å²) in [5.41, 5.74) is -0.125. The van der Waals surface area contributed by atoms with Crippen LogP contribution in [0.1, 0.15) is 26.6 Å². The average molecular weight is 206 g/mol. The molecule has 1 aromatic rings. The molecule has 3 heteroatoms. The second kappa shape index (κ2) is 6.76. The number of aromatic amines is 1. The van der Waals surface area contributed by atoms with Gasteiger partial charge in [0.15, 0.2) is 0 Å². The van der Waals surface area contributed by atoms with Crippen molar-refractivity contribution in [1.82, 2.24) is 9.97 Å². The molecule has 0 aromatic carbocycles. The summed E-state index contributed by atoms with van der Waals surface area (Å²) in [5, 5.41) is 1.25. The van der Waals surface area contributed by atoms with Gasteiger partial charge in [-0.1, -0.05) is 32.6 Å². The zero-order valence-corrected chi connectivity index (χ0v) is 9.79. The Morgan fingerprint density at radius 3 is 2.47 bits per heavy atom. The van der Waals surface area contributed by atoms with Gasteiger partial charge in [-0.3, -0.25) is 4.79 Å². The summed E-state index contributed by atoms with van der Waals surface area (Å²) < 4.78 is 0. The number of rotatable bonds is 1. The molecule has 0 atom stereocenters. The van der Waals surface area contributed by atoms with Crippen LogP contribution < -0.4 is 16.1 Å². The largest absolute Gasteiger partial charge is 0.310 e. The number of hydrogen-bond acceptors (Lipinski definition) is 2. The Hall–Kier alpha value is -1.64. The third-order valence-electron chi connectivity index (χ3n) is 1.66. The lowest BCUT2D eigenvalue weighted by Crippen LogP contribution is -2.43. The lowest BCUT2D eigenvalue weighted by atomic mass is 10.3. The Morgan fingerprint density at radius 1 is 1.40 bits per heavy atom. The van der Waals surface area contributed by atoms with Gasteiger partial charge in [-0.25, -0.2) is 4.98 Å². The van der Waals surface area contributed by atoms with E-state index in [0.29, 0.717) is 16.4 Å². The monoisotopic (exact) mass is 206 g/mol. The third kappa shape index (κ3) is 3.54. The minimum absolute atomic E-state index is 0.125. The van der Waals surface area contributed by atoms with Crippen molar-refractivity contribution < 1.29 is 0 Å². The summed E-state index contributed by atoms with van der Waals surface area (Å²) in [5.74, 6) is 0.624. The highest BCUT2D eigenvalue weighted by Gasteiger charge is 1.93. The smallest absolute Gasteiger partial charge is 0.258 e. The number of H-pyrrole nitrogens is 1. The van der Waals surface area contributed by atoms with Crippen LogP contribution in [-0.4, -0.2) is 9.97 Å². The molecule has 0 saturated heterocycles. The van der Waals surface area contributed by atoms with E-state index in [1.807, 2.05) is 20.8 Å². The maximum absolute atomic E-state index is 11.4. The summed E-state index contributed by atoms with van der Waals surface area (Å²) in [6.07, 6.45) is 5.03. The minimum atomic E-state index is -0.125. The van der Waals surface area contributed by atoms with E-state index in [-0.39, 0.29) is 5.56 Å². The standard InChI is InChI=1S/C10H12N2O.C2H6/c1-4-6-8-9(5-2)11-7(3)12-10(8)13;1-2/h4-6H,1H2,2-3H3,(H,11,12,13);1-2H3/b8-6+,9-5+;. The SMILES string of the molecule is C=C/C=c1/c(=O)[nH]c(C)n/c1=C/C.CC. The zero-order valence-electron chi connectivity index (χ0n) is 9.79. The van der Waals surface area contributed by atoms with Crippen molar-refractivity contribution in [2.75, 3.05) is 0 Å². The van der Waals surface area contributed by atoms with Gasteiger partial charge in [0, 0.05) is 0 Å². The Morgan fingerprint density at radius 2 is 2.00 bits per heavy atom. The second-order valence-corrected chi connectivity index (χ2v) is 2.64. The van der Waals surface area contributed by atoms with Gasteiger partial charge in [0.1, 0.15) is 5.82 Å². The summed E-state index contributed by atoms with van der Waals surface area (Å²) in [4.78, 5) is 18.2. The predicted molar refractivity (Wildman–Crippen MR) is 65.0 cm³/mol. The average Bonchev–Trinajstić information content (AvgIpc) is 2.24. The Balaban J connectivity index is 0.000000921. The van der Waals surface area contributed by atoms with Crippen molar-refractivity contribution in [3.05, 3.63) is 39.4 Å². The topological polar surface area (TPSA) is 45.8 Å². The van der Waals surface area contributed by atoms with Crippen molar-refractivity contribution in [3.63, 3.8) is 0 Å². The molecule has 0 bridgehead atoms. The van der Waals surface area contributed by atoms with E-state index in [4.69, 9.17) is 0 Å². The van der Waals surface area contributed by atoms with Gasteiger partial charge in [0.2, 0.25) is 0 Å². The fraction of sp³-hybridized carbons (Fsp3) is 0.333. The molecule has 0 aliphatic rings. The number of nitrogens with one attached hydrogen (secondary N) is 1. The summed E-state index contributed by atoms with van der Waals surface area (Å²) in [6.45, 7) is 11.1. The fourth-order valence-corrected chi connectivity index (χ4v) is 1.12. The third-order valence-corrected chi connectivity index (χ3v) is 1.66. The highest BCUT2D eigenvalue weighted by molar-refractivity contribution is 5.35. The molecule has 82 valence electrons. The predicted octanol–water partition coefficient (Wildman–Crippen LogP) is 0.871. The van der Waals surface area contributed by atoms with E-state index in [1.54, 1.807) is 25.2 Å². The maximum Gasteiger partial charge on any atom is 0.258 e. The molecule has 1 aromatic heterocycles. The number of aryl methyl sites for hydroxylation is 1. The highest BCUT2D eigenvalue weighted by Crippen LogP contribution is 1.69. The van der Waals surface area contributed by atoms with Crippen molar-refractivity contribution in [1.29, 1.82) is 0 Å². The van der Waals surface area contributed by atoms with Gasteiger partial charge < -0.3 is 4.98 Å². The van der Waals surface area contributed by atoms with Crippen molar-refractivity contribution in [3.8, 4) is 0 Å². The minimum Gasteiger partial charge on any atom is -0.310 e. The van der Waals surface area contributed by atoms with E-state index in [9.17, 15) is 4.79 Å². The number of allylic oxidation sites excluding steroid dienone is 1. The molecule has 1 rings (SSSR count). The molecule has 0 saturated carbocycles. The first-order valence-electron chi connectivity index (χ1n) is 5.05. The second-order valence-electron chi connectivity index (χ2n) is 2.64. The van der Waals surface area contributed by atoms with Crippen LogP contribution in [0.4, 0.5) is 0 Å². The summed E-state index contributed by atoms with van der Waals surface area (Å²) in [7, 11) is 0. The van der Waals surface area contributed by atoms with Crippen molar-refractivity contribution in [2.45, 2.75) is 27.7 Å². The summed E-state index contributed by atoms with van der Waals surface area (Å²) >= 11 is 0. The van der Waals surface area contributed by atoms with Crippen LogP contribution in [0.15, 0.2) is 17.4 Å². The summed E-state index contributed by atoms with van der Waals surface area (Å²) in [6, 6.07) is 0. The molecule has 0 spiro atoms. The molecule has 0 aliphatic carbocycles. The van der Waals surface area contributed by atoms with Gasteiger partial charge in [-0.05, 0) is 19.9 Å². The first kappa shape index (κ1) is 13.4. The molecule has 15 heavy (non-hydrogen) atoms. The quantitative estimate of drug-likeness (QED) is 0.741. The van der Waals surface area contributed by atoms with Crippen LogP contribution in [0.25, 0.3) is 12.2 Å². The molecule has 0 amide bonds. The lowest BCUT2D eigenvalue weighted by Gasteiger charge is -1.91. The molecule has 0 radical (unpaired) electrons. The van der Waals surface area contributed by atoms with Crippen LogP contribution in [0.3, 0.4) is 0 Å². The van der Waals surface area contributed by atoms with Crippen LogP contribution in [-0.2, 0) is 0 Å². The normalized spacial score (nSPS) is 12.0. The maximum atomic E-state index is 11.4. The highest BCUT2D eigenvalue weighted by atomic mass is 16.1. The fourth-order valence-electron chi connectivity index (χ4n) is 1.12. The first-order valence-corrected chi connectivity index (χ1v) is 5.05. The molecular formula is C12H18N2O. The van der Waals surface area contributed by atoms with Gasteiger partial charge >= 0.3 is 0 Å². The Kier molecular flexibility index (Phi) is 6.02. The Labute approximate surface area is 89.9 Å². The molecule has 0 aliphatic heterocycles. The Bertz CT molecular complexity index is 483. The van der Waals surface area contributed by atoms with Gasteiger partial charge in [-0.2, -0.15) is 0 Å².